The summed E-state index contributed by atoms with van der Waals surface area (Å²) in [5.41, 5.74) is 0.931. The Morgan fingerprint density at radius 2 is 2.31 bits per heavy atom. The molecule has 13 heavy (non-hydrogen) atoms. The smallest absolute Gasteiger partial charge is 0.408 e. The number of nitrogens with zero attached hydrogens (tertiary/aromatic N) is 1. The summed E-state index contributed by atoms with van der Waals surface area (Å²) in [6.45, 7) is 2.29. The molecule has 4 heteroatoms. The van der Waals surface area contributed by atoms with Crippen molar-refractivity contribution in [3.8, 4) is 0 Å². The van der Waals surface area contributed by atoms with Gasteiger partial charge in [0.25, 0.3) is 0 Å². The van der Waals surface area contributed by atoms with E-state index in [9.17, 15) is 9.18 Å². The van der Waals surface area contributed by atoms with Crippen molar-refractivity contribution in [2.24, 2.45) is 0 Å². The molecule has 0 unspecified atom stereocenters. The molecule has 1 aromatic carbocycles. The molecule has 0 atom stereocenters. The zero-order valence-electron chi connectivity index (χ0n) is 7.08. The van der Waals surface area contributed by atoms with Crippen molar-refractivity contribution in [1.82, 2.24) is 4.57 Å². The first kappa shape index (κ1) is 8.04. The van der Waals surface area contributed by atoms with Crippen LogP contribution >= 0.6 is 0 Å². The summed E-state index contributed by atoms with van der Waals surface area (Å²) >= 11 is 0. The van der Waals surface area contributed by atoms with Gasteiger partial charge >= 0.3 is 5.76 Å². The number of halogens is 1. The highest BCUT2D eigenvalue weighted by atomic mass is 19.1. The Labute approximate surface area is 73.4 Å². The third kappa shape index (κ3) is 1.14. The van der Waals surface area contributed by atoms with Crippen molar-refractivity contribution in [3.05, 3.63) is 34.6 Å². The van der Waals surface area contributed by atoms with Gasteiger partial charge in [0.15, 0.2) is 5.58 Å². The highest BCUT2D eigenvalue weighted by Crippen LogP contribution is 2.13. The van der Waals surface area contributed by atoms with E-state index in [2.05, 4.69) is 0 Å². The number of rotatable bonds is 1. The maximum Gasteiger partial charge on any atom is 0.419 e. The summed E-state index contributed by atoms with van der Waals surface area (Å²) < 4.78 is 19.1. The lowest BCUT2D eigenvalue weighted by Gasteiger charge is -1.94. The van der Waals surface area contributed by atoms with E-state index in [1.165, 1.54) is 22.8 Å². The van der Waals surface area contributed by atoms with Crippen LogP contribution in [0.15, 0.2) is 27.4 Å². The number of aryl methyl sites for hydroxylation is 1. The molecule has 0 amide bonds. The van der Waals surface area contributed by atoms with Crippen molar-refractivity contribution in [3.63, 3.8) is 0 Å². The van der Waals surface area contributed by atoms with Crippen LogP contribution < -0.4 is 5.76 Å². The lowest BCUT2D eigenvalue weighted by Crippen LogP contribution is -2.12. The quantitative estimate of drug-likeness (QED) is 0.671. The Morgan fingerprint density at radius 1 is 1.54 bits per heavy atom. The summed E-state index contributed by atoms with van der Waals surface area (Å²) in [5.74, 6) is -0.807. The van der Waals surface area contributed by atoms with Crippen molar-refractivity contribution >= 4 is 11.1 Å². The maximum absolute atomic E-state index is 12.8. The van der Waals surface area contributed by atoms with Crippen LogP contribution in [-0.2, 0) is 6.54 Å². The molecule has 2 aromatic rings. The fourth-order valence-corrected chi connectivity index (χ4v) is 1.33. The van der Waals surface area contributed by atoms with Crippen LogP contribution in [0.5, 0.6) is 0 Å². The van der Waals surface area contributed by atoms with Crippen LogP contribution in [0.25, 0.3) is 11.1 Å². The minimum atomic E-state index is -0.442. The second kappa shape index (κ2) is 2.73. The fraction of sp³-hybridized carbons (Fsp3) is 0.222. The summed E-state index contributed by atoms with van der Waals surface area (Å²) in [4.78, 5) is 11.2. The van der Waals surface area contributed by atoms with E-state index < -0.39 is 5.76 Å². The van der Waals surface area contributed by atoms with Crippen LogP contribution in [-0.4, -0.2) is 4.57 Å². The molecule has 1 aromatic heterocycles. The van der Waals surface area contributed by atoms with Gasteiger partial charge in [-0.1, -0.05) is 0 Å². The Balaban J connectivity index is 2.89. The van der Waals surface area contributed by atoms with Gasteiger partial charge in [-0.25, -0.2) is 9.18 Å². The Kier molecular flexibility index (Phi) is 1.69. The molecule has 0 saturated heterocycles. The third-order valence-corrected chi connectivity index (χ3v) is 1.95. The van der Waals surface area contributed by atoms with Crippen LogP contribution in [0.4, 0.5) is 4.39 Å². The molecule has 3 nitrogen and oxygen atoms in total. The van der Waals surface area contributed by atoms with E-state index in [0.29, 0.717) is 17.6 Å². The fourth-order valence-electron chi connectivity index (χ4n) is 1.33. The second-order valence-corrected chi connectivity index (χ2v) is 2.72. The predicted molar refractivity (Wildman–Crippen MR) is 46.1 cm³/mol. The maximum atomic E-state index is 12.8. The molecular formula is C9H8FNO2. The van der Waals surface area contributed by atoms with Crippen molar-refractivity contribution in [2.45, 2.75) is 13.5 Å². The molecule has 68 valence electrons. The predicted octanol–water partition coefficient (Wildman–Crippen LogP) is 1.75. The lowest BCUT2D eigenvalue weighted by atomic mass is 10.3. The highest BCUT2D eigenvalue weighted by molar-refractivity contribution is 5.72. The molecule has 0 fully saturated rings. The topological polar surface area (TPSA) is 35.1 Å². The van der Waals surface area contributed by atoms with Gasteiger partial charge < -0.3 is 4.42 Å². The van der Waals surface area contributed by atoms with Crippen LogP contribution in [0.1, 0.15) is 6.92 Å². The van der Waals surface area contributed by atoms with Gasteiger partial charge in [-0.3, -0.25) is 4.57 Å². The summed E-state index contributed by atoms with van der Waals surface area (Å²) in [5, 5.41) is 0. The van der Waals surface area contributed by atoms with Crippen molar-refractivity contribution in [1.29, 1.82) is 0 Å². The first-order valence-electron chi connectivity index (χ1n) is 4.01. The van der Waals surface area contributed by atoms with E-state index in [-0.39, 0.29) is 5.82 Å². The van der Waals surface area contributed by atoms with Crippen molar-refractivity contribution in [2.75, 3.05) is 0 Å². The number of aromatic nitrogens is 1. The molecule has 2 rings (SSSR count). The molecule has 0 N–H and O–H groups in total. The number of fused-ring (bicyclic) bond motifs is 1. The number of hydrogen-bond acceptors (Lipinski definition) is 2. The monoisotopic (exact) mass is 181 g/mol. The summed E-state index contributed by atoms with van der Waals surface area (Å²) in [6, 6.07) is 4.02. The first-order chi connectivity index (χ1) is 6.22. The van der Waals surface area contributed by atoms with Crippen LogP contribution in [0.2, 0.25) is 0 Å². The van der Waals surface area contributed by atoms with E-state index in [1.807, 2.05) is 0 Å². The van der Waals surface area contributed by atoms with Gasteiger partial charge in [-0.05, 0) is 19.1 Å². The molecule has 0 bridgehead atoms. The van der Waals surface area contributed by atoms with Gasteiger partial charge in [0.1, 0.15) is 5.82 Å². The van der Waals surface area contributed by atoms with Crippen molar-refractivity contribution < 1.29 is 8.81 Å². The lowest BCUT2D eigenvalue weighted by molar-refractivity contribution is 0.513. The van der Waals surface area contributed by atoms with Gasteiger partial charge in [0.2, 0.25) is 0 Å². The van der Waals surface area contributed by atoms with Gasteiger partial charge in [-0.2, -0.15) is 0 Å². The zero-order chi connectivity index (χ0) is 9.42. The van der Waals surface area contributed by atoms with Gasteiger partial charge in [0, 0.05) is 12.6 Å². The SMILES string of the molecule is CCn1c(=O)oc2ccc(F)cc21. The van der Waals surface area contributed by atoms with E-state index in [1.54, 1.807) is 6.92 Å². The number of oxazole rings is 1. The Morgan fingerprint density at radius 3 is 3.00 bits per heavy atom. The average Bonchev–Trinajstić information content (AvgIpc) is 2.40. The molecule has 0 aliphatic heterocycles. The Hall–Kier alpha value is -1.58. The van der Waals surface area contributed by atoms with Crippen LogP contribution in [0, 0.1) is 5.82 Å². The molecule has 0 spiro atoms. The van der Waals surface area contributed by atoms with Gasteiger partial charge in [0.05, 0.1) is 5.52 Å². The summed E-state index contributed by atoms with van der Waals surface area (Å²) in [7, 11) is 0. The number of benzene rings is 1. The van der Waals surface area contributed by atoms with E-state index in [0.717, 1.165) is 0 Å². The minimum Gasteiger partial charge on any atom is -0.408 e. The molecule has 0 saturated carbocycles. The second-order valence-electron chi connectivity index (χ2n) is 2.72. The molecule has 0 aliphatic carbocycles. The number of hydrogen-bond donors (Lipinski definition) is 0. The largest absolute Gasteiger partial charge is 0.419 e. The molecular weight excluding hydrogens is 173 g/mol. The first-order valence-corrected chi connectivity index (χ1v) is 4.01. The molecule has 0 radical (unpaired) electrons. The third-order valence-electron chi connectivity index (χ3n) is 1.95. The highest BCUT2D eigenvalue weighted by Gasteiger charge is 2.07. The van der Waals surface area contributed by atoms with Crippen LogP contribution in [0.3, 0.4) is 0 Å². The zero-order valence-corrected chi connectivity index (χ0v) is 7.08. The standard InChI is InChI=1S/C9H8FNO2/c1-2-11-7-5-6(10)3-4-8(7)13-9(11)12/h3-5H,2H2,1H3. The van der Waals surface area contributed by atoms with E-state index in [4.69, 9.17) is 4.42 Å². The van der Waals surface area contributed by atoms with Gasteiger partial charge in [-0.15, -0.1) is 0 Å². The van der Waals surface area contributed by atoms with E-state index >= 15 is 0 Å². The average molecular weight is 181 g/mol. The Bertz CT molecular complexity index is 498. The molecule has 0 aliphatic rings. The summed E-state index contributed by atoms with van der Waals surface area (Å²) in [6.07, 6.45) is 0. The normalized spacial score (nSPS) is 10.9. The minimum absolute atomic E-state index is 0.365. The molecule has 1 heterocycles.